The third-order valence-electron chi connectivity index (χ3n) is 4.52. The standard InChI is InChI=1S/C23H21N5O/c1-17-10-12-20(13-11-17)28-21(15-18-7-3-2-4-8-18)26-22(27-28)23(29)25-16-19-9-5-6-14-24-19/h2-14H,15-16H2,1H3,(H,25,29). The minimum Gasteiger partial charge on any atom is -0.344 e. The zero-order valence-electron chi connectivity index (χ0n) is 16.1. The molecule has 0 unspecified atom stereocenters. The predicted octanol–water partition coefficient (Wildman–Crippen LogP) is 3.49. The van der Waals surface area contributed by atoms with Crippen LogP contribution in [0, 0.1) is 6.92 Å². The van der Waals surface area contributed by atoms with Crippen molar-refractivity contribution >= 4 is 5.91 Å². The molecule has 0 radical (unpaired) electrons. The Balaban J connectivity index is 1.61. The van der Waals surface area contributed by atoms with Crippen molar-refractivity contribution < 1.29 is 4.79 Å². The average Bonchev–Trinajstić information content (AvgIpc) is 3.18. The molecule has 144 valence electrons. The quantitative estimate of drug-likeness (QED) is 0.553. The van der Waals surface area contributed by atoms with Gasteiger partial charge < -0.3 is 5.32 Å². The van der Waals surface area contributed by atoms with E-state index in [0.717, 1.165) is 22.5 Å². The van der Waals surface area contributed by atoms with Gasteiger partial charge in [-0.15, -0.1) is 5.10 Å². The molecule has 0 spiro atoms. The molecule has 4 rings (SSSR count). The molecule has 4 aromatic rings. The second-order valence-electron chi connectivity index (χ2n) is 6.77. The number of rotatable bonds is 6. The summed E-state index contributed by atoms with van der Waals surface area (Å²) in [4.78, 5) is 21.4. The third kappa shape index (κ3) is 4.55. The van der Waals surface area contributed by atoms with Crippen molar-refractivity contribution in [2.24, 2.45) is 0 Å². The van der Waals surface area contributed by atoms with Gasteiger partial charge in [-0.05, 0) is 36.8 Å². The Bertz CT molecular complexity index is 1090. The first kappa shape index (κ1) is 18.6. The van der Waals surface area contributed by atoms with E-state index in [1.54, 1.807) is 10.9 Å². The zero-order valence-corrected chi connectivity index (χ0v) is 16.1. The van der Waals surface area contributed by atoms with Gasteiger partial charge in [-0.25, -0.2) is 9.67 Å². The molecule has 1 N–H and O–H groups in total. The van der Waals surface area contributed by atoms with Gasteiger partial charge >= 0.3 is 0 Å². The van der Waals surface area contributed by atoms with Crippen molar-refractivity contribution in [3.05, 3.63) is 107 Å². The van der Waals surface area contributed by atoms with Crippen LogP contribution in [0.5, 0.6) is 0 Å². The van der Waals surface area contributed by atoms with Crippen molar-refractivity contribution in [2.75, 3.05) is 0 Å². The fourth-order valence-corrected chi connectivity index (χ4v) is 2.98. The maximum Gasteiger partial charge on any atom is 0.291 e. The van der Waals surface area contributed by atoms with Crippen molar-refractivity contribution in [1.29, 1.82) is 0 Å². The van der Waals surface area contributed by atoms with E-state index in [1.807, 2.05) is 79.7 Å². The summed E-state index contributed by atoms with van der Waals surface area (Å²) in [6.07, 6.45) is 2.28. The molecule has 1 amide bonds. The second-order valence-corrected chi connectivity index (χ2v) is 6.77. The van der Waals surface area contributed by atoms with Gasteiger partial charge in [0.05, 0.1) is 17.9 Å². The molecule has 0 aliphatic rings. The first-order chi connectivity index (χ1) is 14.2. The molecule has 0 aliphatic carbocycles. The minimum atomic E-state index is -0.323. The fraction of sp³-hybridized carbons (Fsp3) is 0.130. The number of carbonyl (C=O) groups excluding carboxylic acids is 1. The Labute approximate surface area is 169 Å². The van der Waals surface area contributed by atoms with Gasteiger partial charge in [-0.1, -0.05) is 54.1 Å². The summed E-state index contributed by atoms with van der Waals surface area (Å²) in [5.74, 6) is 0.534. The number of aryl methyl sites for hydroxylation is 1. The molecule has 0 fully saturated rings. The highest BCUT2D eigenvalue weighted by molar-refractivity contribution is 5.90. The van der Waals surface area contributed by atoms with Gasteiger partial charge in [-0.2, -0.15) is 0 Å². The maximum atomic E-state index is 12.6. The number of carbonyl (C=O) groups is 1. The summed E-state index contributed by atoms with van der Waals surface area (Å²) in [6, 6.07) is 23.6. The zero-order chi connectivity index (χ0) is 20.1. The van der Waals surface area contributed by atoms with Gasteiger partial charge in [0.25, 0.3) is 5.91 Å². The third-order valence-corrected chi connectivity index (χ3v) is 4.52. The summed E-state index contributed by atoms with van der Waals surface area (Å²) in [6.45, 7) is 2.36. The lowest BCUT2D eigenvalue weighted by Gasteiger charge is -2.06. The van der Waals surface area contributed by atoms with Crippen molar-refractivity contribution in [1.82, 2.24) is 25.1 Å². The van der Waals surface area contributed by atoms with Gasteiger partial charge in [-0.3, -0.25) is 9.78 Å². The van der Waals surface area contributed by atoms with E-state index < -0.39 is 0 Å². The maximum absolute atomic E-state index is 12.6. The summed E-state index contributed by atoms with van der Waals surface area (Å²) in [5, 5.41) is 7.33. The SMILES string of the molecule is Cc1ccc(-n2nc(C(=O)NCc3ccccn3)nc2Cc2ccccc2)cc1. The Morgan fingerprint density at radius 2 is 1.72 bits per heavy atom. The van der Waals surface area contributed by atoms with Crippen molar-refractivity contribution in [3.8, 4) is 5.69 Å². The fourth-order valence-electron chi connectivity index (χ4n) is 2.98. The first-order valence-electron chi connectivity index (χ1n) is 9.44. The number of amides is 1. The molecule has 2 aromatic heterocycles. The van der Waals surface area contributed by atoms with E-state index in [0.29, 0.717) is 18.8 Å². The molecule has 0 atom stereocenters. The van der Waals surface area contributed by atoms with E-state index in [2.05, 4.69) is 20.4 Å². The van der Waals surface area contributed by atoms with Crippen LogP contribution in [0.4, 0.5) is 0 Å². The number of hydrogen-bond donors (Lipinski definition) is 1. The summed E-state index contributed by atoms with van der Waals surface area (Å²) < 4.78 is 1.74. The molecule has 0 saturated carbocycles. The number of aromatic nitrogens is 4. The van der Waals surface area contributed by atoms with Crippen LogP contribution >= 0.6 is 0 Å². The van der Waals surface area contributed by atoms with Crippen molar-refractivity contribution in [3.63, 3.8) is 0 Å². The van der Waals surface area contributed by atoms with E-state index in [-0.39, 0.29) is 11.7 Å². The van der Waals surface area contributed by atoms with Crippen LogP contribution in [0.15, 0.2) is 79.0 Å². The van der Waals surface area contributed by atoms with Crippen LogP contribution in [0.1, 0.15) is 33.3 Å². The van der Waals surface area contributed by atoms with Crippen LogP contribution in [0.3, 0.4) is 0 Å². The highest BCUT2D eigenvalue weighted by Gasteiger charge is 2.18. The second kappa shape index (κ2) is 8.48. The molecule has 2 aromatic carbocycles. The molecule has 29 heavy (non-hydrogen) atoms. The number of nitrogens with zero attached hydrogens (tertiary/aromatic N) is 4. The first-order valence-corrected chi connectivity index (χ1v) is 9.44. The lowest BCUT2D eigenvalue weighted by molar-refractivity contribution is 0.0940. The molecule has 6 heteroatoms. The highest BCUT2D eigenvalue weighted by atomic mass is 16.2. The van der Waals surface area contributed by atoms with Gasteiger partial charge in [0.1, 0.15) is 5.82 Å². The summed E-state index contributed by atoms with van der Waals surface area (Å²) >= 11 is 0. The monoisotopic (exact) mass is 383 g/mol. The lowest BCUT2D eigenvalue weighted by Crippen LogP contribution is -2.24. The molecular weight excluding hydrogens is 362 g/mol. The lowest BCUT2D eigenvalue weighted by atomic mass is 10.1. The van der Waals surface area contributed by atoms with E-state index in [4.69, 9.17) is 0 Å². The number of pyridine rings is 1. The van der Waals surface area contributed by atoms with E-state index in [9.17, 15) is 4.79 Å². The Hall–Kier alpha value is -3.80. The normalized spacial score (nSPS) is 10.7. The number of benzene rings is 2. The van der Waals surface area contributed by atoms with Crippen LogP contribution in [0.25, 0.3) is 5.69 Å². The molecule has 6 nitrogen and oxygen atoms in total. The Morgan fingerprint density at radius 1 is 0.966 bits per heavy atom. The van der Waals surface area contributed by atoms with E-state index >= 15 is 0 Å². The molecule has 0 aliphatic heterocycles. The summed E-state index contributed by atoms with van der Waals surface area (Å²) in [5.41, 5.74) is 3.92. The largest absolute Gasteiger partial charge is 0.344 e. The van der Waals surface area contributed by atoms with Gasteiger partial charge in [0.15, 0.2) is 0 Å². The van der Waals surface area contributed by atoms with Crippen LogP contribution in [0.2, 0.25) is 0 Å². The smallest absolute Gasteiger partial charge is 0.291 e. The predicted molar refractivity (Wildman–Crippen MR) is 111 cm³/mol. The highest BCUT2D eigenvalue weighted by Crippen LogP contribution is 2.15. The van der Waals surface area contributed by atoms with Gasteiger partial charge in [0, 0.05) is 12.6 Å². The average molecular weight is 383 g/mol. The van der Waals surface area contributed by atoms with Crippen LogP contribution in [-0.4, -0.2) is 25.7 Å². The van der Waals surface area contributed by atoms with Gasteiger partial charge in [0.2, 0.25) is 5.82 Å². The molecule has 0 bridgehead atoms. The van der Waals surface area contributed by atoms with Crippen LogP contribution < -0.4 is 5.32 Å². The summed E-state index contributed by atoms with van der Waals surface area (Å²) in [7, 11) is 0. The van der Waals surface area contributed by atoms with E-state index in [1.165, 1.54) is 0 Å². The Kier molecular flexibility index (Phi) is 5.42. The number of nitrogens with one attached hydrogen (secondary N) is 1. The molecular formula is C23H21N5O. The van der Waals surface area contributed by atoms with Crippen molar-refractivity contribution in [2.45, 2.75) is 19.9 Å². The Morgan fingerprint density at radius 3 is 2.45 bits per heavy atom. The topological polar surface area (TPSA) is 72.7 Å². The van der Waals surface area contributed by atoms with Crippen LogP contribution in [-0.2, 0) is 13.0 Å². The molecule has 2 heterocycles. The number of hydrogen-bond acceptors (Lipinski definition) is 4. The molecule has 0 saturated heterocycles. The minimum absolute atomic E-state index is 0.146.